The zero-order valence-electron chi connectivity index (χ0n) is 12.5. The van der Waals surface area contributed by atoms with Gasteiger partial charge < -0.3 is 9.73 Å². The molecule has 116 valence electrons. The molecule has 1 aliphatic rings. The second-order valence-electron chi connectivity index (χ2n) is 5.69. The van der Waals surface area contributed by atoms with Gasteiger partial charge in [-0.3, -0.25) is 4.79 Å². The van der Waals surface area contributed by atoms with Crippen LogP contribution in [0.3, 0.4) is 0 Å². The molecule has 5 heteroatoms. The van der Waals surface area contributed by atoms with Gasteiger partial charge in [0.1, 0.15) is 23.2 Å². The maximum atomic E-state index is 12.2. The highest BCUT2D eigenvalue weighted by Gasteiger charge is 2.36. The number of carbonyl (C=O) groups excluding carboxylic acids is 1. The van der Waals surface area contributed by atoms with Crippen molar-refractivity contribution < 1.29 is 9.21 Å². The molecule has 1 aliphatic carbocycles. The Morgan fingerprint density at radius 1 is 1.35 bits per heavy atom. The number of nitrogens with one attached hydrogen (secondary N) is 1. The first kappa shape index (κ1) is 15.4. The summed E-state index contributed by atoms with van der Waals surface area (Å²) in [7, 11) is 0. The van der Waals surface area contributed by atoms with E-state index in [0.717, 1.165) is 12.2 Å². The summed E-state index contributed by atoms with van der Waals surface area (Å²) in [6.45, 7) is 2.17. The second kappa shape index (κ2) is 6.31. The fourth-order valence-electron chi connectivity index (χ4n) is 2.39. The minimum Gasteiger partial charge on any atom is -0.461 e. The Kier molecular flexibility index (Phi) is 4.22. The van der Waals surface area contributed by atoms with E-state index in [2.05, 4.69) is 12.2 Å². The summed E-state index contributed by atoms with van der Waals surface area (Å²) >= 11 is 5.80. The lowest BCUT2D eigenvalue weighted by molar-refractivity contribution is -0.112. The van der Waals surface area contributed by atoms with Crippen LogP contribution in [0.15, 0.2) is 46.4 Å². The van der Waals surface area contributed by atoms with Crippen LogP contribution in [0.5, 0.6) is 0 Å². The number of amides is 1. The monoisotopic (exact) mass is 326 g/mol. The Bertz CT molecular complexity index is 799. The van der Waals surface area contributed by atoms with E-state index in [1.165, 1.54) is 6.08 Å². The van der Waals surface area contributed by atoms with Gasteiger partial charge >= 0.3 is 0 Å². The molecule has 1 saturated carbocycles. The van der Waals surface area contributed by atoms with Gasteiger partial charge in [-0.2, -0.15) is 5.26 Å². The Morgan fingerprint density at radius 2 is 2.04 bits per heavy atom. The average molecular weight is 327 g/mol. The molecule has 0 aliphatic heterocycles. The molecule has 0 spiro atoms. The molecule has 4 nitrogen and oxygen atoms in total. The summed E-state index contributed by atoms with van der Waals surface area (Å²) in [4.78, 5) is 12.2. The molecule has 3 rings (SSSR count). The second-order valence-corrected chi connectivity index (χ2v) is 6.13. The lowest BCUT2D eigenvalue weighted by Crippen LogP contribution is -2.13. The standard InChI is InChI=1S/C18H15ClN2O2/c1-11-8-16(11)17-7-6-15(23-17)9-12(10-20)18(22)21-14-4-2-13(19)3-5-14/h2-7,9,11,16H,8H2,1H3,(H,21,22)/b12-9+/t11-,16-/m1/s1. The van der Waals surface area contributed by atoms with Crippen molar-refractivity contribution >= 4 is 29.3 Å². The van der Waals surface area contributed by atoms with Crippen LogP contribution in [0.25, 0.3) is 6.08 Å². The lowest BCUT2D eigenvalue weighted by Gasteiger charge is -2.03. The van der Waals surface area contributed by atoms with Gasteiger partial charge in [-0.25, -0.2) is 0 Å². The minimum absolute atomic E-state index is 0.00954. The van der Waals surface area contributed by atoms with Crippen molar-refractivity contribution in [3.05, 3.63) is 58.5 Å². The van der Waals surface area contributed by atoms with Crippen LogP contribution in [-0.4, -0.2) is 5.91 Å². The summed E-state index contributed by atoms with van der Waals surface area (Å²) in [6.07, 6.45) is 2.58. The molecule has 1 N–H and O–H groups in total. The van der Waals surface area contributed by atoms with Gasteiger partial charge in [0.05, 0.1) is 0 Å². The first-order valence-electron chi connectivity index (χ1n) is 7.35. The van der Waals surface area contributed by atoms with Gasteiger partial charge in [0.2, 0.25) is 0 Å². The van der Waals surface area contributed by atoms with Crippen LogP contribution in [0.1, 0.15) is 30.8 Å². The quantitative estimate of drug-likeness (QED) is 0.659. The Labute approximate surface area is 139 Å². The van der Waals surface area contributed by atoms with Crippen molar-refractivity contribution in [3.8, 4) is 6.07 Å². The molecule has 1 aromatic carbocycles. The minimum atomic E-state index is -0.479. The van der Waals surface area contributed by atoms with E-state index in [0.29, 0.717) is 28.3 Å². The van der Waals surface area contributed by atoms with Gasteiger partial charge in [0.15, 0.2) is 0 Å². The van der Waals surface area contributed by atoms with Crippen LogP contribution in [0.2, 0.25) is 5.02 Å². The zero-order valence-corrected chi connectivity index (χ0v) is 13.3. The molecule has 1 amide bonds. The third-order valence-electron chi connectivity index (χ3n) is 3.88. The van der Waals surface area contributed by atoms with Crippen LogP contribution in [-0.2, 0) is 4.79 Å². The van der Waals surface area contributed by atoms with E-state index in [1.807, 2.05) is 12.1 Å². The normalized spacial score (nSPS) is 20.0. The Balaban J connectivity index is 1.73. The molecule has 23 heavy (non-hydrogen) atoms. The van der Waals surface area contributed by atoms with Gasteiger partial charge in [-0.05, 0) is 48.7 Å². The lowest BCUT2D eigenvalue weighted by atomic mass is 10.2. The number of anilines is 1. The summed E-state index contributed by atoms with van der Waals surface area (Å²) in [5.74, 6) is 2.06. The van der Waals surface area contributed by atoms with E-state index in [-0.39, 0.29) is 5.57 Å². The molecule has 0 saturated heterocycles. The molecule has 0 radical (unpaired) electrons. The number of nitriles is 1. The number of halogens is 1. The maximum absolute atomic E-state index is 12.2. The van der Waals surface area contributed by atoms with E-state index < -0.39 is 5.91 Å². The molecular weight excluding hydrogens is 312 g/mol. The molecular formula is C18H15ClN2O2. The first-order chi connectivity index (χ1) is 11.1. The SMILES string of the molecule is C[C@@H]1C[C@H]1c1ccc(/C=C(\C#N)C(=O)Nc2ccc(Cl)cc2)o1. The Morgan fingerprint density at radius 3 is 2.65 bits per heavy atom. The van der Waals surface area contributed by atoms with Crippen LogP contribution < -0.4 is 5.32 Å². The average Bonchev–Trinajstić information content (AvgIpc) is 3.09. The highest BCUT2D eigenvalue weighted by atomic mass is 35.5. The molecule has 1 fully saturated rings. The third kappa shape index (κ3) is 3.64. The topological polar surface area (TPSA) is 66.0 Å². The van der Waals surface area contributed by atoms with Crippen LogP contribution in [0.4, 0.5) is 5.69 Å². The number of rotatable bonds is 4. The van der Waals surface area contributed by atoms with Crippen LogP contribution in [0, 0.1) is 17.2 Å². The Hall–Kier alpha value is -2.51. The molecule has 1 heterocycles. The molecule has 1 aromatic heterocycles. The smallest absolute Gasteiger partial charge is 0.266 e. The number of carbonyl (C=O) groups is 1. The largest absolute Gasteiger partial charge is 0.461 e. The van der Waals surface area contributed by atoms with Crippen molar-refractivity contribution in [1.29, 1.82) is 5.26 Å². The molecule has 2 atom stereocenters. The van der Waals surface area contributed by atoms with Gasteiger partial charge in [0, 0.05) is 22.7 Å². The fraction of sp³-hybridized carbons (Fsp3) is 0.222. The van der Waals surface area contributed by atoms with Gasteiger partial charge in [-0.1, -0.05) is 18.5 Å². The molecule has 0 bridgehead atoms. The van der Waals surface area contributed by atoms with Crippen molar-refractivity contribution in [3.63, 3.8) is 0 Å². The predicted molar refractivity (Wildman–Crippen MR) is 88.9 cm³/mol. The fourth-order valence-corrected chi connectivity index (χ4v) is 2.51. The van der Waals surface area contributed by atoms with E-state index >= 15 is 0 Å². The summed E-state index contributed by atoms with van der Waals surface area (Å²) in [5.41, 5.74) is 0.567. The summed E-state index contributed by atoms with van der Waals surface area (Å²) < 4.78 is 5.70. The maximum Gasteiger partial charge on any atom is 0.266 e. The summed E-state index contributed by atoms with van der Waals surface area (Å²) in [5, 5.41) is 12.4. The van der Waals surface area contributed by atoms with E-state index in [1.54, 1.807) is 30.3 Å². The van der Waals surface area contributed by atoms with Gasteiger partial charge in [-0.15, -0.1) is 0 Å². The number of hydrogen-bond acceptors (Lipinski definition) is 3. The number of furan rings is 1. The van der Waals surface area contributed by atoms with E-state index in [9.17, 15) is 10.1 Å². The van der Waals surface area contributed by atoms with Crippen LogP contribution >= 0.6 is 11.6 Å². The number of benzene rings is 1. The van der Waals surface area contributed by atoms with Crippen molar-refractivity contribution in [1.82, 2.24) is 0 Å². The predicted octanol–water partition coefficient (Wildman–Crippen LogP) is 4.60. The van der Waals surface area contributed by atoms with E-state index in [4.69, 9.17) is 16.0 Å². The highest BCUT2D eigenvalue weighted by Crippen LogP contribution is 2.47. The number of hydrogen-bond donors (Lipinski definition) is 1. The van der Waals surface area contributed by atoms with Crippen molar-refractivity contribution in [2.45, 2.75) is 19.3 Å². The first-order valence-corrected chi connectivity index (χ1v) is 7.73. The zero-order chi connectivity index (χ0) is 16.4. The summed E-state index contributed by atoms with van der Waals surface area (Å²) in [6, 6.07) is 12.3. The number of nitrogens with zero attached hydrogens (tertiary/aromatic N) is 1. The molecule has 2 aromatic rings. The highest BCUT2D eigenvalue weighted by molar-refractivity contribution is 6.30. The van der Waals surface area contributed by atoms with Gasteiger partial charge in [0.25, 0.3) is 5.91 Å². The third-order valence-corrected chi connectivity index (χ3v) is 4.13. The molecule has 0 unspecified atom stereocenters. The van der Waals surface area contributed by atoms with Crippen molar-refractivity contribution in [2.24, 2.45) is 5.92 Å². The van der Waals surface area contributed by atoms with Crippen molar-refractivity contribution in [2.75, 3.05) is 5.32 Å².